The van der Waals surface area contributed by atoms with Crippen LogP contribution in [0.15, 0.2) is 18.2 Å². The van der Waals surface area contributed by atoms with E-state index in [-0.39, 0.29) is 0 Å². The van der Waals surface area contributed by atoms with Crippen LogP contribution in [0.2, 0.25) is 0 Å². The van der Waals surface area contributed by atoms with Crippen molar-refractivity contribution in [3.8, 4) is 11.5 Å². The molecule has 0 unspecified atom stereocenters. The van der Waals surface area contributed by atoms with Crippen LogP contribution in [0.1, 0.15) is 19.4 Å². The molecule has 0 bridgehead atoms. The Morgan fingerprint density at radius 1 is 1.07 bits per heavy atom. The Hall–Kier alpha value is -1.26. The normalized spacial score (nSPS) is 11.3. The molecule has 4 nitrogen and oxygen atoms in total. The van der Waals surface area contributed by atoms with E-state index >= 15 is 0 Å². The topological polar surface area (TPSA) is 53.7 Å². The zero-order chi connectivity index (χ0) is 11.5. The van der Waals surface area contributed by atoms with E-state index in [4.69, 9.17) is 20.2 Å². The van der Waals surface area contributed by atoms with E-state index in [9.17, 15) is 0 Å². The summed E-state index contributed by atoms with van der Waals surface area (Å²) in [6, 6.07) is 5.58. The van der Waals surface area contributed by atoms with E-state index in [0.29, 0.717) is 11.5 Å². The third-order valence-corrected chi connectivity index (χ3v) is 2.37. The Morgan fingerprint density at radius 2 is 1.67 bits per heavy atom. The van der Waals surface area contributed by atoms with Gasteiger partial charge in [0.05, 0.1) is 14.2 Å². The number of ether oxygens (including phenoxy) is 2. The van der Waals surface area contributed by atoms with Crippen molar-refractivity contribution in [1.29, 1.82) is 0 Å². The molecule has 1 aromatic carbocycles. The maximum absolute atomic E-state index is 5.23. The minimum atomic E-state index is -0.542. The van der Waals surface area contributed by atoms with Gasteiger partial charge in [-0.25, -0.2) is 5.90 Å². The molecule has 1 rings (SSSR count). The first-order chi connectivity index (χ1) is 7.05. The lowest BCUT2D eigenvalue weighted by Crippen LogP contribution is -2.25. The minimum absolute atomic E-state index is 0.542. The molecular formula is C11H17NO3. The fourth-order valence-corrected chi connectivity index (χ4v) is 1.28. The summed E-state index contributed by atoms with van der Waals surface area (Å²) < 4.78 is 10.3. The number of nitrogens with two attached hydrogens (primary N) is 1. The van der Waals surface area contributed by atoms with E-state index in [1.165, 1.54) is 0 Å². The van der Waals surface area contributed by atoms with Crippen molar-refractivity contribution in [2.45, 2.75) is 19.4 Å². The molecule has 1 aromatic rings. The van der Waals surface area contributed by atoms with Crippen LogP contribution in [0.3, 0.4) is 0 Å². The van der Waals surface area contributed by atoms with Crippen molar-refractivity contribution >= 4 is 0 Å². The second kappa shape index (κ2) is 4.51. The van der Waals surface area contributed by atoms with Crippen molar-refractivity contribution < 1.29 is 14.3 Å². The molecule has 0 radical (unpaired) electrons. The first kappa shape index (κ1) is 11.8. The third-order valence-electron chi connectivity index (χ3n) is 2.37. The number of rotatable bonds is 4. The molecule has 15 heavy (non-hydrogen) atoms. The molecule has 0 saturated heterocycles. The molecule has 0 aliphatic rings. The average Bonchev–Trinajstić information content (AvgIpc) is 2.28. The highest BCUT2D eigenvalue weighted by molar-refractivity contribution is 5.44. The fraction of sp³-hybridized carbons (Fsp3) is 0.455. The summed E-state index contributed by atoms with van der Waals surface area (Å²) in [7, 11) is 3.19. The van der Waals surface area contributed by atoms with Gasteiger partial charge in [-0.05, 0) is 31.5 Å². The van der Waals surface area contributed by atoms with Gasteiger partial charge in [-0.3, -0.25) is 4.84 Å². The number of hydrogen-bond acceptors (Lipinski definition) is 4. The van der Waals surface area contributed by atoms with Crippen LogP contribution < -0.4 is 15.4 Å². The highest BCUT2D eigenvalue weighted by atomic mass is 16.6. The van der Waals surface area contributed by atoms with Crippen molar-refractivity contribution in [3.63, 3.8) is 0 Å². The number of hydrogen-bond donors (Lipinski definition) is 1. The van der Waals surface area contributed by atoms with Gasteiger partial charge in [-0.1, -0.05) is 6.07 Å². The Balaban J connectivity index is 3.13. The van der Waals surface area contributed by atoms with Crippen LogP contribution in [-0.4, -0.2) is 14.2 Å². The molecule has 2 N–H and O–H groups in total. The van der Waals surface area contributed by atoms with Gasteiger partial charge in [0.1, 0.15) is 5.60 Å². The summed E-state index contributed by atoms with van der Waals surface area (Å²) in [6.45, 7) is 3.77. The van der Waals surface area contributed by atoms with Gasteiger partial charge in [0.15, 0.2) is 11.5 Å². The molecule has 84 valence electrons. The smallest absolute Gasteiger partial charge is 0.161 e. The van der Waals surface area contributed by atoms with E-state index in [1.54, 1.807) is 14.2 Å². The van der Waals surface area contributed by atoms with Gasteiger partial charge >= 0.3 is 0 Å². The summed E-state index contributed by atoms with van der Waals surface area (Å²) in [5.74, 6) is 6.58. The summed E-state index contributed by atoms with van der Waals surface area (Å²) in [5, 5.41) is 0. The molecule has 0 spiro atoms. The monoisotopic (exact) mass is 211 g/mol. The minimum Gasteiger partial charge on any atom is -0.493 e. The third kappa shape index (κ3) is 2.40. The van der Waals surface area contributed by atoms with Gasteiger partial charge in [0.2, 0.25) is 0 Å². The summed E-state index contributed by atoms with van der Waals surface area (Å²) in [5.41, 5.74) is 0.391. The summed E-state index contributed by atoms with van der Waals surface area (Å²) >= 11 is 0. The van der Waals surface area contributed by atoms with Crippen LogP contribution in [-0.2, 0) is 10.4 Å². The van der Waals surface area contributed by atoms with Crippen LogP contribution in [0, 0.1) is 0 Å². The Labute approximate surface area is 89.9 Å². The van der Waals surface area contributed by atoms with Crippen LogP contribution in [0.5, 0.6) is 11.5 Å². The van der Waals surface area contributed by atoms with E-state index in [0.717, 1.165) is 5.56 Å². The zero-order valence-electron chi connectivity index (χ0n) is 9.53. The predicted molar refractivity (Wildman–Crippen MR) is 57.8 cm³/mol. The maximum atomic E-state index is 5.23. The second-order valence-electron chi connectivity index (χ2n) is 3.70. The molecule has 0 aromatic heterocycles. The first-order valence-corrected chi connectivity index (χ1v) is 4.65. The lowest BCUT2D eigenvalue weighted by molar-refractivity contribution is -0.0237. The zero-order valence-corrected chi connectivity index (χ0v) is 9.53. The maximum Gasteiger partial charge on any atom is 0.161 e. The second-order valence-corrected chi connectivity index (χ2v) is 3.70. The van der Waals surface area contributed by atoms with Gasteiger partial charge in [0.25, 0.3) is 0 Å². The molecule has 0 amide bonds. The number of methoxy groups -OCH3 is 2. The van der Waals surface area contributed by atoms with Crippen LogP contribution in [0.25, 0.3) is 0 Å². The summed E-state index contributed by atoms with van der Waals surface area (Å²) in [6.07, 6.45) is 0. The van der Waals surface area contributed by atoms with Crippen molar-refractivity contribution in [1.82, 2.24) is 0 Å². The average molecular weight is 211 g/mol. The van der Waals surface area contributed by atoms with Gasteiger partial charge < -0.3 is 9.47 Å². The molecule has 0 heterocycles. The summed E-state index contributed by atoms with van der Waals surface area (Å²) in [4.78, 5) is 4.90. The largest absolute Gasteiger partial charge is 0.493 e. The van der Waals surface area contributed by atoms with E-state index in [1.807, 2.05) is 32.0 Å². The van der Waals surface area contributed by atoms with Crippen molar-refractivity contribution in [2.75, 3.05) is 14.2 Å². The molecule has 4 heteroatoms. The number of benzene rings is 1. The highest BCUT2D eigenvalue weighted by Gasteiger charge is 2.22. The Kier molecular flexibility index (Phi) is 3.55. The van der Waals surface area contributed by atoms with Crippen LogP contribution in [0.4, 0.5) is 0 Å². The molecule has 0 fully saturated rings. The molecular weight excluding hydrogens is 194 g/mol. The predicted octanol–water partition coefficient (Wildman–Crippen LogP) is 1.83. The fourth-order valence-electron chi connectivity index (χ4n) is 1.28. The van der Waals surface area contributed by atoms with Gasteiger partial charge in [-0.15, -0.1) is 0 Å². The first-order valence-electron chi connectivity index (χ1n) is 4.65. The lowest BCUT2D eigenvalue weighted by Gasteiger charge is -2.23. The quantitative estimate of drug-likeness (QED) is 0.772. The van der Waals surface area contributed by atoms with Crippen LogP contribution >= 0.6 is 0 Å². The van der Waals surface area contributed by atoms with E-state index < -0.39 is 5.60 Å². The Bertz CT molecular complexity index is 337. The van der Waals surface area contributed by atoms with Crippen molar-refractivity contribution in [2.24, 2.45) is 5.90 Å². The standard InChI is InChI=1S/C11H17NO3/c1-11(2,15-12)8-5-6-9(13-3)10(7-8)14-4/h5-7H,12H2,1-4H3. The molecule has 0 aliphatic heterocycles. The Morgan fingerprint density at radius 3 is 2.13 bits per heavy atom. The SMILES string of the molecule is COc1ccc(C(C)(C)ON)cc1OC. The van der Waals surface area contributed by atoms with Gasteiger partial charge in [0, 0.05) is 0 Å². The van der Waals surface area contributed by atoms with Gasteiger partial charge in [-0.2, -0.15) is 0 Å². The molecule has 0 atom stereocenters. The van der Waals surface area contributed by atoms with E-state index in [2.05, 4.69) is 0 Å². The molecule has 0 aliphatic carbocycles. The molecule has 0 saturated carbocycles. The van der Waals surface area contributed by atoms with Crippen molar-refractivity contribution in [3.05, 3.63) is 23.8 Å². The highest BCUT2D eigenvalue weighted by Crippen LogP contribution is 2.32. The lowest BCUT2D eigenvalue weighted by atomic mass is 9.98.